The van der Waals surface area contributed by atoms with Crippen molar-refractivity contribution in [3.63, 3.8) is 0 Å². The lowest BCUT2D eigenvalue weighted by Gasteiger charge is -2.11. The van der Waals surface area contributed by atoms with Gasteiger partial charge >= 0.3 is 0 Å². The number of carbonyl (C=O) groups excluding carboxylic acids is 2. The van der Waals surface area contributed by atoms with E-state index in [1.807, 2.05) is 0 Å². The largest absolute Gasteiger partial charge is 0.343 e. The third kappa shape index (κ3) is 6.00. The molecule has 0 unspecified atom stereocenters. The number of rotatable bonds is 7. The highest BCUT2D eigenvalue weighted by molar-refractivity contribution is 7.92. The van der Waals surface area contributed by atoms with Crippen LogP contribution >= 0.6 is 23.2 Å². The zero-order valence-corrected chi connectivity index (χ0v) is 19.2. The van der Waals surface area contributed by atoms with Crippen LogP contribution < -0.4 is 15.4 Å². The lowest BCUT2D eigenvalue weighted by Crippen LogP contribution is -2.33. The van der Waals surface area contributed by atoms with Crippen molar-refractivity contribution in [3.8, 4) is 0 Å². The molecule has 0 aliphatic heterocycles. The van der Waals surface area contributed by atoms with E-state index in [-0.39, 0.29) is 17.0 Å². The van der Waals surface area contributed by atoms with Crippen molar-refractivity contribution in [1.29, 1.82) is 0 Å². The van der Waals surface area contributed by atoms with Crippen LogP contribution in [-0.4, -0.2) is 26.8 Å². The highest BCUT2D eigenvalue weighted by Crippen LogP contribution is 2.23. The predicted octanol–water partition coefficient (Wildman–Crippen LogP) is 4.47. The Bertz CT molecular complexity index is 1250. The molecule has 0 aliphatic rings. The second kappa shape index (κ2) is 10.0. The lowest BCUT2D eigenvalue weighted by atomic mass is 10.2. The maximum absolute atomic E-state index is 12.5. The minimum absolute atomic E-state index is 0.0156. The first-order valence-corrected chi connectivity index (χ1v) is 11.6. The summed E-state index contributed by atoms with van der Waals surface area (Å²) < 4.78 is 27.4. The zero-order valence-electron chi connectivity index (χ0n) is 16.9. The van der Waals surface area contributed by atoms with Gasteiger partial charge in [0, 0.05) is 27.0 Å². The summed E-state index contributed by atoms with van der Waals surface area (Å²) in [6, 6.07) is 16.7. The van der Waals surface area contributed by atoms with E-state index in [0.29, 0.717) is 21.4 Å². The van der Waals surface area contributed by atoms with E-state index >= 15 is 0 Å². The average Bonchev–Trinajstić information content (AvgIpc) is 2.77. The van der Waals surface area contributed by atoms with Crippen LogP contribution in [0.1, 0.15) is 15.9 Å². The number of halogens is 2. The van der Waals surface area contributed by atoms with Crippen molar-refractivity contribution >= 4 is 56.4 Å². The fourth-order valence-corrected chi connectivity index (χ4v) is 4.08. The molecular weight excluding hydrogens is 473 g/mol. The summed E-state index contributed by atoms with van der Waals surface area (Å²) in [4.78, 5) is 24.4. The molecule has 0 saturated carbocycles. The fraction of sp³-hybridized carbons (Fsp3) is 0.0909. The van der Waals surface area contributed by atoms with Gasteiger partial charge in [0.05, 0.1) is 11.4 Å². The summed E-state index contributed by atoms with van der Waals surface area (Å²) in [5, 5.41) is 6.18. The first-order valence-electron chi connectivity index (χ1n) is 9.37. The van der Waals surface area contributed by atoms with Crippen molar-refractivity contribution < 1.29 is 18.0 Å². The minimum atomic E-state index is -3.84. The van der Waals surface area contributed by atoms with Crippen LogP contribution in [0.4, 0.5) is 11.4 Å². The Morgan fingerprint density at radius 1 is 0.906 bits per heavy atom. The van der Waals surface area contributed by atoms with Gasteiger partial charge in [0.1, 0.15) is 0 Å². The predicted molar refractivity (Wildman–Crippen MR) is 126 cm³/mol. The number of nitrogens with one attached hydrogen (secondary N) is 3. The van der Waals surface area contributed by atoms with Crippen LogP contribution in [0.2, 0.25) is 10.0 Å². The Kier molecular flexibility index (Phi) is 7.40. The molecule has 2 amide bonds. The van der Waals surface area contributed by atoms with E-state index in [4.69, 9.17) is 23.2 Å². The Hall–Kier alpha value is -3.07. The van der Waals surface area contributed by atoms with Crippen LogP contribution in [0.15, 0.2) is 71.6 Å². The van der Waals surface area contributed by atoms with Crippen LogP contribution in [0.5, 0.6) is 0 Å². The molecule has 7 nitrogen and oxygen atoms in total. The smallest absolute Gasteiger partial charge is 0.261 e. The molecule has 0 spiro atoms. The maximum Gasteiger partial charge on any atom is 0.261 e. The zero-order chi connectivity index (χ0) is 23.3. The van der Waals surface area contributed by atoms with E-state index in [0.717, 1.165) is 5.56 Å². The molecule has 0 bridgehead atoms. The molecule has 0 heterocycles. The first-order chi connectivity index (χ1) is 15.2. The van der Waals surface area contributed by atoms with E-state index in [1.165, 1.54) is 36.4 Å². The van der Waals surface area contributed by atoms with Gasteiger partial charge in [-0.2, -0.15) is 0 Å². The molecule has 0 aliphatic carbocycles. The van der Waals surface area contributed by atoms with E-state index in [9.17, 15) is 18.0 Å². The number of carbonyl (C=O) groups is 2. The Labute approximate surface area is 195 Å². The summed E-state index contributed by atoms with van der Waals surface area (Å²) in [5.41, 5.74) is 1.84. The number of hydrogen-bond donors (Lipinski definition) is 3. The number of amides is 2. The third-order valence-corrected chi connectivity index (χ3v) is 6.53. The molecule has 0 radical (unpaired) electrons. The Morgan fingerprint density at radius 3 is 2.22 bits per heavy atom. The van der Waals surface area contributed by atoms with Gasteiger partial charge in [-0.3, -0.25) is 14.3 Å². The Morgan fingerprint density at radius 2 is 1.56 bits per heavy atom. The molecule has 0 aromatic heterocycles. The topological polar surface area (TPSA) is 104 Å². The molecule has 166 valence electrons. The molecule has 0 saturated heterocycles. The molecule has 0 fully saturated rings. The minimum Gasteiger partial charge on any atom is -0.343 e. The van der Waals surface area contributed by atoms with Crippen molar-refractivity contribution in [1.82, 2.24) is 5.32 Å². The van der Waals surface area contributed by atoms with Crippen molar-refractivity contribution in [2.75, 3.05) is 16.6 Å². The van der Waals surface area contributed by atoms with Gasteiger partial charge in [-0.1, -0.05) is 29.3 Å². The number of sulfonamides is 1. The van der Waals surface area contributed by atoms with Crippen molar-refractivity contribution in [2.24, 2.45) is 0 Å². The summed E-state index contributed by atoms with van der Waals surface area (Å²) in [6.45, 7) is 1.51. The van der Waals surface area contributed by atoms with Crippen molar-refractivity contribution in [3.05, 3.63) is 87.9 Å². The molecule has 3 N–H and O–H groups in total. The quantitative estimate of drug-likeness (QED) is 0.453. The second-order valence-electron chi connectivity index (χ2n) is 6.78. The summed E-state index contributed by atoms with van der Waals surface area (Å²) in [5.74, 6) is -0.937. The average molecular weight is 492 g/mol. The molecule has 10 heteroatoms. The summed E-state index contributed by atoms with van der Waals surface area (Å²) in [6.07, 6.45) is 0. The van der Waals surface area contributed by atoms with Gasteiger partial charge < -0.3 is 10.6 Å². The molecule has 0 atom stereocenters. The highest BCUT2D eigenvalue weighted by Gasteiger charge is 2.16. The van der Waals surface area contributed by atoms with Crippen LogP contribution in [0, 0.1) is 6.92 Å². The third-order valence-electron chi connectivity index (χ3n) is 4.47. The van der Waals surface area contributed by atoms with Gasteiger partial charge in [-0.05, 0) is 73.2 Å². The second-order valence-corrected chi connectivity index (χ2v) is 9.31. The van der Waals surface area contributed by atoms with Gasteiger partial charge in [-0.25, -0.2) is 8.42 Å². The molecule has 3 aromatic carbocycles. The van der Waals surface area contributed by atoms with E-state index in [2.05, 4.69) is 15.4 Å². The van der Waals surface area contributed by atoms with Crippen LogP contribution in [0.3, 0.4) is 0 Å². The van der Waals surface area contributed by atoms with Gasteiger partial charge in [0.15, 0.2) is 0 Å². The standard InChI is InChI=1S/C22H19Cl2N3O4S/c1-14-19(24)3-2-4-20(14)26-21(28)13-25-22(29)15-5-11-18(12-6-15)32(30,31)27-17-9-7-16(23)8-10-17/h2-12,27H,13H2,1H3,(H,25,29)(H,26,28). The SMILES string of the molecule is Cc1c(Cl)cccc1NC(=O)CNC(=O)c1ccc(S(=O)(=O)Nc2ccc(Cl)cc2)cc1. The normalized spacial score (nSPS) is 11.0. The molecular formula is C22H19Cl2N3O4S. The number of hydrogen-bond acceptors (Lipinski definition) is 4. The molecule has 3 aromatic rings. The van der Waals surface area contributed by atoms with E-state index in [1.54, 1.807) is 37.3 Å². The summed E-state index contributed by atoms with van der Waals surface area (Å²) >= 11 is 11.8. The molecule has 32 heavy (non-hydrogen) atoms. The monoisotopic (exact) mass is 491 g/mol. The van der Waals surface area contributed by atoms with Gasteiger partial charge in [-0.15, -0.1) is 0 Å². The van der Waals surface area contributed by atoms with Gasteiger partial charge in [0.25, 0.3) is 15.9 Å². The van der Waals surface area contributed by atoms with Crippen LogP contribution in [-0.2, 0) is 14.8 Å². The van der Waals surface area contributed by atoms with Crippen molar-refractivity contribution in [2.45, 2.75) is 11.8 Å². The van der Waals surface area contributed by atoms with Gasteiger partial charge in [0.2, 0.25) is 5.91 Å². The first kappa shape index (κ1) is 23.6. The maximum atomic E-state index is 12.5. The lowest BCUT2D eigenvalue weighted by molar-refractivity contribution is -0.115. The fourth-order valence-electron chi connectivity index (χ4n) is 2.72. The Balaban J connectivity index is 1.59. The summed E-state index contributed by atoms with van der Waals surface area (Å²) in [7, 11) is -3.84. The van der Waals surface area contributed by atoms with Crippen LogP contribution in [0.25, 0.3) is 0 Å². The number of anilines is 2. The number of benzene rings is 3. The highest BCUT2D eigenvalue weighted by atomic mass is 35.5. The molecule has 3 rings (SSSR count). The van der Waals surface area contributed by atoms with E-state index < -0.39 is 21.8 Å².